The summed E-state index contributed by atoms with van der Waals surface area (Å²) in [5.41, 5.74) is 19.9. The number of aromatic amines is 1. The Kier molecular flexibility index (Phi) is 22.5. The molecule has 0 fully saturated rings. The lowest BCUT2D eigenvalue weighted by atomic mass is 10.0. The van der Waals surface area contributed by atoms with E-state index in [1.165, 1.54) is 0 Å². The molecule has 0 bridgehead atoms. The van der Waals surface area contributed by atoms with Gasteiger partial charge in [-0.05, 0) is 56.5 Å². The predicted molar refractivity (Wildman–Crippen MR) is 152 cm³/mol. The number of nitrogens with zero attached hydrogens (tertiary/aromatic N) is 1. The number of pyridine rings is 1. The van der Waals surface area contributed by atoms with Crippen LogP contribution in [0, 0.1) is 0 Å². The molecule has 14 heteroatoms. The van der Waals surface area contributed by atoms with Gasteiger partial charge in [-0.1, -0.05) is 42.5 Å². The number of amides is 3. The molecular weight excluding hydrogens is 636 g/mol. The van der Waals surface area contributed by atoms with Crippen LogP contribution in [0.25, 0.3) is 10.9 Å². The van der Waals surface area contributed by atoms with Crippen LogP contribution in [0.15, 0.2) is 66.9 Å². The maximum absolute atomic E-state index is 13.3. The molecule has 43 heavy (non-hydrogen) atoms. The van der Waals surface area contributed by atoms with Gasteiger partial charge >= 0.3 is 0 Å². The van der Waals surface area contributed by atoms with Gasteiger partial charge in [0.05, 0.1) is 12.5 Å². The molecule has 0 aliphatic heterocycles. The molecule has 1 heterocycles. The number of carbonyl (C=O) groups is 3. The van der Waals surface area contributed by atoms with Gasteiger partial charge in [0.15, 0.2) is 6.20 Å². The smallest absolute Gasteiger partial charge is 0.247 e. The molecule has 0 aliphatic carbocycles. The number of anilines is 1. The first kappa shape index (κ1) is 42.4. The largest absolute Gasteiger partial charge is 1.00 e. The van der Waals surface area contributed by atoms with Gasteiger partial charge in [-0.15, -0.1) is 0 Å². The van der Waals surface area contributed by atoms with E-state index in [0.29, 0.717) is 57.5 Å². The SMILES string of the molecule is NCCCN(CCCN)C(=O)C[C@H](N)C(=O)N[C@@H](CCc1ccccc1)C(=O)Nc1c[nH+]c2ccccc2c1.[Cl-].[Cl-].[Cl-].[Cl-]. The van der Waals surface area contributed by atoms with E-state index in [1.54, 1.807) is 11.1 Å². The van der Waals surface area contributed by atoms with Crippen LogP contribution < -0.4 is 82.4 Å². The van der Waals surface area contributed by atoms with Crippen molar-refractivity contribution in [2.24, 2.45) is 17.2 Å². The Hall–Kier alpha value is -2.70. The van der Waals surface area contributed by atoms with E-state index in [9.17, 15) is 14.4 Å². The summed E-state index contributed by atoms with van der Waals surface area (Å²) in [5, 5.41) is 6.61. The Morgan fingerprint density at radius 1 is 0.837 bits per heavy atom. The molecule has 0 spiro atoms. The van der Waals surface area contributed by atoms with Crippen molar-refractivity contribution in [2.45, 2.75) is 44.2 Å². The molecule has 240 valence electrons. The van der Waals surface area contributed by atoms with Crippen LogP contribution in [0.3, 0.4) is 0 Å². The Balaban J connectivity index is 0. The van der Waals surface area contributed by atoms with Crippen molar-refractivity contribution in [1.82, 2.24) is 10.2 Å². The normalized spacial score (nSPS) is 11.3. The quantitative estimate of drug-likeness (QED) is 0.107. The third-order valence-corrected chi connectivity index (χ3v) is 6.47. The zero-order chi connectivity index (χ0) is 28.0. The van der Waals surface area contributed by atoms with Gasteiger partial charge in [0.1, 0.15) is 11.7 Å². The number of para-hydroxylation sites is 1. The first-order valence-electron chi connectivity index (χ1n) is 13.4. The predicted octanol–water partition coefficient (Wildman–Crippen LogP) is -11.0. The third-order valence-electron chi connectivity index (χ3n) is 6.47. The fourth-order valence-electron chi connectivity index (χ4n) is 4.26. The highest BCUT2D eigenvalue weighted by Crippen LogP contribution is 2.15. The summed E-state index contributed by atoms with van der Waals surface area (Å²) < 4.78 is 0. The first-order chi connectivity index (χ1) is 18.9. The summed E-state index contributed by atoms with van der Waals surface area (Å²) in [7, 11) is 0. The van der Waals surface area contributed by atoms with Crippen LogP contribution in [-0.4, -0.2) is 60.9 Å². The molecular formula is C29H40Cl4N7O3-3. The Labute approximate surface area is 277 Å². The Morgan fingerprint density at radius 3 is 2.07 bits per heavy atom. The van der Waals surface area contributed by atoms with Crippen molar-refractivity contribution in [3.05, 3.63) is 72.4 Å². The summed E-state index contributed by atoms with van der Waals surface area (Å²) in [6.45, 7) is 1.86. The number of nitrogens with one attached hydrogen (secondary N) is 3. The minimum absolute atomic E-state index is 0. The molecule has 0 radical (unpaired) electrons. The fourth-order valence-corrected chi connectivity index (χ4v) is 4.26. The van der Waals surface area contributed by atoms with Crippen molar-refractivity contribution < 1.29 is 69.0 Å². The van der Waals surface area contributed by atoms with Crippen LogP contribution >= 0.6 is 0 Å². The maximum atomic E-state index is 13.3. The molecule has 3 rings (SSSR count). The van der Waals surface area contributed by atoms with Crippen LogP contribution in [0.4, 0.5) is 5.69 Å². The van der Waals surface area contributed by atoms with E-state index in [2.05, 4.69) is 15.6 Å². The number of aromatic nitrogens is 1. The molecule has 3 amide bonds. The maximum Gasteiger partial charge on any atom is 0.247 e. The van der Waals surface area contributed by atoms with Gasteiger partial charge in [0.2, 0.25) is 23.2 Å². The highest BCUT2D eigenvalue weighted by molar-refractivity contribution is 5.99. The van der Waals surface area contributed by atoms with E-state index < -0.39 is 18.0 Å². The van der Waals surface area contributed by atoms with Crippen LogP contribution in [0.5, 0.6) is 0 Å². The summed E-state index contributed by atoms with van der Waals surface area (Å²) in [5.74, 6) is -1.16. The molecule has 0 saturated heterocycles. The van der Waals surface area contributed by atoms with Gasteiger partial charge in [0.25, 0.3) is 0 Å². The number of H-pyrrole nitrogens is 1. The Bertz CT molecular complexity index is 1230. The number of carbonyl (C=O) groups excluding carboxylic acids is 3. The lowest BCUT2D eigenvalue weighted by Crippen LogP contribution is -3.00. The summed E-state index contributed by atoms with van der Waals surface area (Å²) in [4.78, 5) is 44.0. The number of nitrogens with two attached hydrogens (primary N) is 3. The lowest BCUT2D eigenvalue weighted by Gasteiger charge is -2.25. The minimum atomic E-state index is -1.10. The van der Waals surface area contributed by atoms with E-state index >= 15 is 0 Å². The van der Waals surface area contributed by atoms with E-state index in [4.69, 9.17) is 17.2 Å². The number of fused-ring (bicyclic) bond motifs is 1. The molecule has 9 N–H and O–H groups in total. The third kappa shape index (κ3) is 14.1. The lowest BCUT2D eigenvalue weighted by molar-refractivity contribution is -0.343. The zero-order valence-electron chi connectivity index (χ0n) is 23.8. The summed E-state index contributed by atoms with van der Waals surface area (Å²) in [6.07, 6.45) is 3.75. The highest BCUT2D eigenvalue weighted by atomic mass is 35.5. The molecule has 10 nitrogen and oxygen atoms in total. The molecule has 1 aromatic heterocycles. The molecule has 2 aromatic carbocycles. The van der Waals surface area contributed by atoms with Crippen LogP contribution in [-0.2, 0) is 20.8 Å². The second kappa shape index (κ2) is 22.8. The molecule has 0 unspecified atom stereocenters. The second-order valence-electron chi connectivity index (χ2n) is 9.53. The first-order valence-corrected chi connectivity index (χ1v) is 13.4. The van der Waals surface area contributed by atoms with Gasteiger partial charge in [-0.2, -0.15) is 0 Å². The number of hydrogen-bond donors (Lipinski definition) is 5. The number of rotatable bonds is 15. The van der Waals surface area contributed by atoms with Gasteiger partial charge in [-0.25, -0.2) is 4.98 Å². The average molecular weight is 676 g/mol. The van der Waals surface area contributed by atoms with E-state index in [-0.39, 0.29) is 67.9 Å². The molecule has 2 atom stereocenters. The van der Waals surface area contributed by atoms with E-state index in [1.807, 2.05) is 60.7 Å². The zero-order valence-corrected chi connectivity index (χ0v) is 26.8. The van der Waals surface area contributed by atoms with E-state index in [0.717, 1.165) is 16.5 Å². The molecule has 0 aliphatic rings. The van der Waals surface area contributed by atoms with Crippen molar-refractivity contribution in [1.29, 1.82) is 0 Å². The second-order valence-corrected chi connectivity index (χ2v) is 9.53. The van der Waals surface area contributed by atoms with Crippen molar-refractivity contribution in [3.8, 4) is 0 Å². The minimum Gasteiger partial charge on any atom is -1.00 e. The fraction of sp³-hybridized carbons (Fsp3) is 0.379. The number of hydrogen-bond acceptors (Lipinski definition) is 6. The standard InChI is InChI=1S/C29H39N7O3.4ClH/c30-14-6-16-36(17-7-15-31)27(37)19-24(32)28(38)35-26(13-12-21-8-2-1-3-9-21)29(39)34-23-18-22-10-4-5-11-25(22)33-20-23;;;;/h1-5,8-11,18,20,24,26H,6-7,12-17,19,30-32H2,(H,34,39)(H,35,38);4*1H/p-3/t24-,26-;;;;/m0..../s1. The average Bonchev–Trinajstić information content (AvgIpc) is 2.95. The van der Waals surface area contributed by atoms with Gasteiger partial charge in [-0.3, -0.25) is 14.4 Å². The molecule has 0 saturated carbocycles. The summed E-state index contributed by atoms with van der Waals surface area (Å²) in [6, 6.07) is 17.4. The molecule has 3 aromatic rings. The summed E-state index contributed by atoms with van der Waals surface area (Å²) >= 11 is 0. The van der Waals surface area contributed by atoms with Crippen molar-refractivity contribution >= 4 is 34.3 Å². The van der Waals surface area contributed by atoms with Crippen molar-refractivity contribution in [2.75, 3.05) is 31.5 Å². The highest BCUT2D eigenvalue weighted by Gasteiger charge is 2.27. The number of benzene rings is 2. The number of halogens is 4. The Morgan fingerprint density at radius 2 is 1.44 bits per heavy atom. The van der Waals surface area contributed by atoms with Crippen molar-refractivity contribution in [3.63, 3.8) is 0 Å². The number of aryl methyl sites for hydroxylation is 1. The van der Waals surface area contributed by atoms with Crippen LogP contribution in [0.2, 0.25) is 0 Å². The van der Waals surface area contributed by atoms with Gasteiger partial charge in [0, 0.05) is 24.5 Å². The monoisotopic (exact) mass is 674 g/mol. The van der Waals surface area contributed by atoms with Gasteiger partial charge < -0.3 is 82.4 Å². The van der Waals surface area contributed by atoms with Crippen LogP contribution in [0.1, 0.15) is 31.2 Å². The topological polar surface area (TPSA) is 171 Å².